The molecule has 1 saturated carbocycles. The number of carbonyl (C=O) groups is 2. The maximum atomic E-state index is 12.7. The summed E-state index contributed by atoms with van der Waals surface area (Å²) in [5, 5.41) is 43.5. The molecule has 3 rings (SSSR count). The van der Waals surface area contributed by atoms with Gasteiger partial charge in [-0.15, -0.1) is 0 Å². The van der Waals surface area contributed by atoms with Crippen molar-refractivity contribution in [1.29, 1.82) is 0 Å². The molecule has 6 heteroatoms. The van der Waals surface area contributed by atoms with E-state index in [4.69, 9.17) is 0 Å². The molecule has 0 bridgehead atoms. The predicted molar refractivity (Wildman–Crippen MR) is 94.0 cm³/mol. The summed E-state index contributed by atoms with van der Waals surface area (Å²) in [4.78, 5) is 25.4. The van der Waals surface area contributed by atoms with Crippen LogP contribution in [0.3, 0.4) is 0 Å². The molecule has 6 atom stereocenters. The highest BCUT2D eigenvalue weighted by Crippen LogP contribution is 2.56. The molecular weight excluding hydrogens is 336 g/mol. The van der Waals surface area contributed by atoms with E-state index >= 15 is 0 Å². The van der Waals surface area contributed by atoms with Crippen LogP contribution >= 0.6 is 0 Å². The summed E-state index contributed by atoms with van der Waals surface area (Å²) in [7, 11) is 0. The van der Waals surface area contributed by atoms with Gasteiger partial charge in [-0.2, -0.15) is 0 Å². The smallest absolute Gasteiger partial charge is 0.190 e. The molecule has 0 spiro atoms. The molecular formula is C20H28O6. The number of aliphatic hydroxyl groups is 4. The molecule has 0 aromatic rings. The second kappa shape index (κ2) is 5.83. The van der Waals surface area contributed by atoms with Gasteiger partial charge in [0.25, 0.3) is 0 Å². The lowest BCUT2D eigenvalue weighted by Crippen LogP contribution is -2.64. The van der Waals surface area contributed by atoms with Gasteiger partial charge in [-0.25, -0.2) is 0 Å². The molecule has 0 amide bonds. The summed E-state index contributed by atoms with van der Waals surface area (Å²) in [6.45, 7) is 5.99. The topological polar surface area (TPSA) is 115 Å². The van der Waals surface area contributed by atoms with Gasteiger partial charge in [0.05, 0.1) is 23.7 Å². The first-order valence-corrected chi connectivity index (χ1v) is 9.10. The normalized spacial score (nSPS) is 43.4. The van der Waals surface area contributed by atoms with Crippen molar-refractivity contribution in [3.05, 3.63) is 23.3 Å². The van der Waals surface area contributed by atoms with Crippen LogP contribution in [0.5, 0.6) is 0 Å². The zero-order valence-corrected chi connectivity index (χ0v) is 15.7. The van der Waals surface area contributed by atoms with Crippen LogP contribution < -0.4 is 0 Å². The number of fused-ring (bicyclic) bond motifs is 3. The first kappa shape index (κ1) is 19.4. The fraction of sp³-hybridized carbons (Fsp3) is 0.700. The minimum Gasteiger partial charge on any atom is -0.392 e. The number of ketones is 2. The lowest BCUT2D eigenvalue weighted by Gasteiger charge is -2.53. The van der Waals surface area contributed by atoms with Crippen LogP contribution in [-0.4, -0.2) is 55.4 Å². The van der Waals surface area contributed by atoms with Crippen LogP contribution in [0.2, 0.25) is 0 Å². The van der Waals surface area contributed by atoms with Crippen LogP contribution in [0.15, 0.2) is 23.3 Å². The van der Waals surface area contributed by atoms with Crippen molar-refractivity contribution in [3.8, 4) is 0 Å². The molecule has 144 valence electrons. The summed E-state index contributed by atoms with van der Waals surface area (Å²) >= 11 is 0. The maximum absolute atomic E-state index is 12.7. The molecule has 6 nitrogen and oxygen atoms in total. The summed E-state index contributed by atoms with van der Waals surface area (Å²) in [5.74, 6) is -3.74. The lowest BCUT2D eigenvalue weighted by molar-refractivity contribution is -0.191. The third kappa shape index (κ3) is 2.47. The Labute approximate surface area is 153 Å². The molecule has 0 unspecified atom stereocenters. The van der Waals surface area contributed by atoms with E-state index in [0.717, 1.165) is 0 Å². The van der Waals surface area contributed by atoms with Gasteiger partial charge in [-0.05, 0) is 37.8 Å². The second-order valence-corrected chi connectivity index (χ2v) is 8.86. The van der Waals surface area contributed by atoms with Crippen molar-refractivity contribution in [1.82, 2.24) is 0 Å². The standard InChI is InChI=1S/C20H28O6/c1-10-5-15-19(25,17(10)23)8-12(9-21)7-13-16(18(3,4)24)14(22)6-11(2)20(13,15)26/h5,7,11,13,15-16,21,24-26H,6,8-9H2,1-4H3/t11-,13+,15-,16+,19-,20-/m1/s1. The van der Waals surface area contributed by atoms with Crippen LogP contribution in [0.25, 0.3) is 0 Å². The van der Waals surface area contributed by atoms with Gasteiger partial charge in [0.1, 0.15) is 11.4 Å². The van der Waals surface area contributed by atoms with Gasteiger partial charge in [-0.3, -0.25) is 9.59 Å². The average Bonchev–Trinajstić information content (AvgIpc) is 2.68. The number of hydrogen-bond donors (Lipinski definition) is 4. The number of rotatable bonds is 2. The average molecular weight is 364 g/mol. The highest BCUT2D eigenvalue weighted by Gasteiger charge is 2.66. The Morgan fingerprint density at radius 3 is 2.38 bits per heavy atom. The SMILES string of the molecule is CC1=C[C@H]2[C@@]3(O)[C@H](C)CC(=O)[C@@H](C(C)(C)O)[C@@H]3C=C(CO)C[C@]2(O)C1=O. The van der Waals surface area contributed by atoms with Gasteiger partial charge in [0.2, 0.25) is 0 Å². The van der Waals surface area contributed by atoms with Crippen molar-refractivity contribution in [2.24, 2.45) is 23.7 Å². The van der Waals surface area contributed by atoms with E-state index in [2.05, 4.69) is 0 Å². The monoisotopic (exact) mass is 364 g/mol. The third-order valence-corrected chi connectivity index (χ3v) is 6.59. The number of Topliss-reactive ketones (excluding diaryl/α,β-unsaturated/α-hetero) is 2. The Bertz CT molecular complexity index is 714. The third-order valence-electron chi connectivity index (χ3n) is 6.59. The van der Waals surface area contributed by atoms with E-state index in [1.54, 1.807) is 26.0 Å². The number of hydrogen-bond acceptors (Lipinski definition) is 6. The van der Waals surface area contributed by atoms with Gasteiger partial charge in [0, 0.05) is 24.7 Å². The summed E-state index contributed by atoms with van der Waals surface area (Å²) in [6.07, 6.45) is 3.15. The number of carbonyl (C=O) groups excluding carboxylic acids is 2. The first-order valence-electron chi connectivity index (χ1n) is 9.10. The van der Waals surface area contributed by atoms with Crippen molar-refractivity contribution >= 4 is 11.6 Å². The Kier molecular flexibility index (Phi) is 4.35. The van der Waals surface area contributed by atoms with Crippen LogP contribution in [-0.2, 0) is 9.59 Å². The highest BCUT2D eigenvalue weighted by atomic mass is 16.3. The van der Waals surface area contributed by atoms with Gasteiger partial charge in [-0.1, -0.05) is 19.1 Å². The molecule has 3 aliphatic carbocycles. The summed E-state index contributed by atoms with van der Waals surface area (Å²) < 4.78 is 0. The van der Waals surface area contributed by atoms with Crippen LogP contribution in [0.4, 0.5) is 0 Å². The fourth-order valence-corrected chi connectivity index (χ4v) is 5.39. The number of aliphatic hydroxyl groups excluding tert-OH is 1. The zero-order chi connectivity index (χ0) is 19.7. The fourth-order valence-electron chi connectivity index (χ4n) is 5.39. The molecule has 0 heterocycles. The zero-order valence-electron chi connectivity index (χ0n) is 15.7. The minimum atomic E-state index is -1.85. The summed E-state index contributed by atoms with van der Waals surface area (Å²) in [5.41, 5.74) is -4.06. The molecule has 3 aliphatic rings. The van der Waals surface area contributed by atoms with E-state index in [1.165, 1.54) is 13.8 Å². The lowest BCUT2D eigenvalue weighted by atomic mass is 9.54. The Morgan fingerprint density at radius 2 is 1.85 bits per heavy atom. The minimum absolute atomic E-state index is 0.0532. The molecule has 0 saturated heterocycles. The Morgan fingerprint density at radius 1 is 1.23 bits per heavy atom. The Hall–Kier alpha value is -1.34. The van der Waals surface area contributed by atoms with Crippen molar-refractivity contribution in [2.45, 2.75) is 57.3 Å². The van der Waals surface area contributed by atoms with Gasteiger partial charge in [0.15, 0.2) is 5.78 Å². The van der Waals surface area contributed by atoms with E-state index in [9.17, 15) is 30.0 Å². The molecule has 4 N–H and O–H groups in total. The molecule has 26 heavy (non-hydrogen) atoms. The predicted octanol–water partition coefficient (Wildman–Crippen LogP) is 0.528. The largest absolute Gasteiger partial charge is 0.392 e. The molecule has 0 aromatic carbocycles. The second-order valence-electron chi connectivity index (χ2n) is 8.86. The van der Waals surface area contributed by atoms with Gasteiger partial charge >= 0.3 is 0 Å². The van der Waals surface area contributed by atoms with Crippen LogP contribution in [0, 0.1) is 23.7 Å². The maximum Gasteiger partial charge on any atom is 0.190 e. The first-order chi connectivity index (χ1) is 11.9. The Balaban J connectivity index is 2.26. The van der Waals surface area contributed by atoms with E-state index in [-0.39, 0.29) is 18.6 Å². The molecule has 0 aromatic heterocycles. The van der Waals surface area contributed by atoms with Crippen molar-refractivity contribution in [2.75, 3.05) is 6.61 Å². The quantitative estimate of drug-likeness (QED) is 0.531. The molecule has 1 fully saturated rings. The summed E-state index contributed by atoms with van der Waals surface area (Å²) in [6, 6.07) is 0. The van der Waals surface area contributed by atoms with E-state index in [0.29, 0.717) is 11.1 Å². The van der Waals surface area contributed by atoms with Crippen molar-refractivity contribution in [3.63, 3.8) is 0 Å². The highest BCUT2D eigenvalue weighted by molar-refractivity contribution is 6.05. The van der Waals surface area contributed by atoms with Gasteiger partial charge < -0.3 is 20.4 Å². The van der Waals surface area contributed by atoms with E-state index in [1.807, 2.05) is 0 Å². The van der Waals surface area contributed by atoms with Crippen LogP contribution in [0.1, 0.15) is 40.5 Å². The van der Waals surface area contributed by atoms with E-state index < -0.39 is 52.9 Å². The molecule has 0 aliphatic heterocycles. The molecule has 0 radical (unpaired) electrons. The van der Waals surface area contributed by atoms with Crippen molar-refractivity contribution < 1.29 is 30.0 Å².